The first-order chi connectivity index (χ1) is 12.8. The second-order valence-electron chi connectivity index (χ2n) is 5.78. The highest BCUT2D eigenvalue weighted by atomic mass is 127. The third-order valence-corrected chi connectivity index (χ3v) is 5.23. The van der Waals surface area contributed by atoms with E-state index in [1.54, 1.807) is 24.6 Å². The maximum absolute atomic E-state index is 4.45. The largest absolute Gasteiger partial charge is 0.356 e. The van der Waals surface area contributed by atoms with Crippen LogP contribution in [0, 0.1) is 0 Å². The number of guanidine groups is 1. The molecule has 0 radical (unpaired) electrons. The second kappa shape index (κ2) is 11.0. The van der Waals surface area contributed by atoms with Crippen molar-refractivity contribution in [2.24, 2.45) is 4.99 Å². The molecule has 144 valence electrons. The standard InChI is InChI=1S/C19H24N6S.HI/c1-3-16-13-23-18(26-16)8-9-22-19(20-2)24-12-15-6-4-5-7-17(15)25-11-10-21-14-25;/h4-7,10-11,13-14H,3,8-9,12H2,1-2H3,(H2,20,22,24);1H. The number of benzene rings is 1. The van der Waals surface area contributed by atoms with E-state index < -0.39 is 0 Å². The molecule has 8 heteroatoms. The van der Waals surface area contributed by atoms with Gasteiger partial charge in [0.15, 0.2) is 5.96 Å². The molecule has 0 atom stereocenters. The minimum Gasteiger partial charge on any atom is -0.356 e. The first-order valence-corrected chi connectivity index (χ1v) is 9.56. The SMILES string of the molecule is CCc1cnc(CCNC(=NC)NCc2ccccc2-n2ccnc2)s1.I. The van der Waals surface area contributed by atoms with Crippen LogP contribution in [0.3, 0.4) is 0 Å². The summed E-state index contributed by atoms with van der Waals surface area (Å²) in [6.07, 6.45) is 9.46. The van der Waals surface area contributed by atoms with Crippen LogP contribution in [0.5, 0.6) is 0 Å². The molecular weight excluding hydrogens is 471 g/mol. The smallest absolute Gasteiger partial charge is 0.191 e. The molecule has 0 saturated carbocycles. The van der Waals surface area contributed by atoms with Crippen molar-refractivity contribution in [1.29, 1.82) is 0 Å². The van der Waals surface area contributed by atoms with E-state index in [-0.39, 0.29) is 24.0 Å². The number of halogens is 1. The number of aryl methyl sites for hydroxylation is 1. The maximum Gasteiger partial charge on any atom is 0.191 e. The van der Waals surface area contributed by atoms with E-state index in [4.69, 9.17) is 0 Å². The zero-order valence-electron chi connectivity index (χ0n) is 15.6. The fourth-order valence-electron chi connectivity index (χ4n) is 2.63. The Morgan fingerprint density at radius 3 is 2.81 bits per heavy atom. The van der Waals surface area contributed by atoms with Gasteiger partial charge in [0.25, 0.3) is 0 Å². The van der Waals surface area contributed by atoms with E-state index >= 15 is 0 Å². The van der Waals surface area contributed by atoms with Crippen LogP contribution in [0.25, 0.3) is 5.69 Å². The van der Waals surface area contributed by atoms with Gasteiger partial charge >= 0.3 is 0 Å². The number of thiazole rings is 1. The number of aromatic nitrogens is 3. The highest BCUT2D eigenvalue weighted by Gasteiger charge is 2.06. The molecule has 3 rings (SSSR count). The minimum atomic E-state index is 0. The third-order valence-electron chi connectivity index (χ3n) is 4.03. The predicted molar refractivity (Wildman–Crippen MR) is 122 cm³/mol. The van der Waals surface area contributed by atoms with Gasteiger partial charge in [0.05, 0.1) is 17.0 Å². The summed E-state index contributed by atoms with van der Waals surface area (Å²) in [7, 11) is 1.79. The van der Waals surface area contributed by atoms with Crippen molar-refractivity contribution in [2.45, 2.75) is 26.3 Å². The first kappa shape index (κ1) is 21.4. The molecular formula is C19H25IN6S. The summed E-state index contributed by atoms with van der Waals surface area (Å²) in [5, 5.41) is 7.90. The van der Waals surface area contributed by atoms with Gasteiger partial charge < -0.3 is 15.2 Å². The summed E-state index contributed by atoms with van der Waals surface area (Å²) in [6, 6.07) is 8.27. The molecule has 0 amide bonds. The zero-order chi connectivity index (χ0) is 18.2. The summed E-state index contributed by atoms with van der Waals surface area (Å²) in [5.41, 5.74) is 2.30. The van der Waals surface area contributed by atoms with Crippen molar-refractivity contribution in [3.8, 4) is 5.69 Å². The van der Waals surface area contributed by atoms with Gasteiger partial charge in [-0.1, -0.05) is 25.1 Å². The number of rotatable bonds is 7. The second-order valence-corrected chi connectivity index (χ2v) is 6.97. The number of imidazole rings is 1. The number of para-hydroxylation sites is 1. The van der Waals surface area contributed by atoms with Crippen molar-refractivity contribution >= 4 is 41.3 Å². The van der Waals surface area contributed by atoms with E-state index in [9.17, 15) is 0 Å². The summed E-state index contributed by atoms with van der Waals surface area (Å²) in [6.45, 7) is 3.65. The summed E-state index contributed by atoms with van der Waals surface area (Å²) in [4.78, 5) is 14.2. The van der Waals surface area contributed by atoms with Crippen molar-refractivity contribution in [3.05, 3.63) is 64.6 Å². The van der Waals surface area contributed by atoms with Gasteiger partial charge in [0.1, 0.15) is 0 Å². The molecule has 3 aromatic rings. The number of aliphatic imine (C=N–C) groups is 1. The quantitative estimate of drug-likeness (QED) is 0.299. The number of hydrogen-bond acceptors (Lipinski definition) is 4. The van der Waals surface area contributed by atoms with Crippen LogP contribution in [-0.2, 0) is 19.4 Å². The average Bonchev–Trinajstić information content (AvgIpc) is 3.36. The molecule has 0 bridgehead atoms. The highest BCUT2D eigenvalue weighted by molar-refractivity contribution is 14.0. The van der Waals surface area contributed by atoms with Crippen molar-refractivity contribution in [2.75, 3.05) is 13.6 Å². The van der Waals surface area contributed by atoms with Gasteiger partial charge in [0.2, 0.25) is 0 Å². The van der Waals surface area contributed by atoms with Crippen LogP contribution in [0.2, 0.25) is 0 Å². The lowest BCUT2D eigenvalue weighted by Crippen LogP contribution is -2.38. The van der Waals surface area contributed by atoms with Gasteiger partial charge in [0, 0.05) is 50.0 Å². The molecule has 2 heterocycles. The first-order valence-electron chi connectivity index (χ1n) is 8.74. The topological polar surface area (TPSA) is 67.1 Å². The van der Waals surface area contributed by atoms with Crippen molar-refractivity contribution in [3.63, 3.8) is 0 Å². The van der Waals surface area contributed by atoms with Crippen LogP contribution < -0.4 is 10.6 Å². The zero-order valence-corrected chi connectivity index (χ0v) is 18.7. The van der Waals surface area contributed by atoms with Crippen LogP contribution in [0.1, 0.15) is 22.4 Å². The van der Waals surface area contributed by atoms with Crippen LogP contribution in [-0.4, -0.2) is 34.1 Å². The van der Waals surface area contributed by atoms with Gasteiger partial charge in [-0.3, -0.25) is 4.99 Å². The fourth-order valence-corrected chi connectivity index (χ4v) is 3.49. The van der Waals surface area contributed by atoms with Crippen LogP contribution in [0.4, 0.5) is 0 Å². The van der Waals surface area contributed by atoms with E-state index in [2.05, 4.69) is 44.7 Å². The Hall–Kier alpha value is -1.94. The lowest BCUT2D eigenvalue weighted by molar-refractivity contribution is 0.788. The Balaban J connectivity index is 0.00000261. The van der Waals surface area contributed by atoms with Gasteiger partial charge in [-0.2, -0.15) is 0 Å². The lowest BCUT2D eigenvalue weighted by atomic mass is 10.1. The molecule has 6 nitrogen and oxygen atoms in total. The lowest BCUT2D eigenvalue weighted by Gasteiger charge is -2.14. The molecule has 0 unspecified atom stereocenters. The predicted octanol–water partition coefficient (Wildman–Crippen LogP) is 3.42. The Bertz CT molecular complexity index is 844. The van der Waals surface area contributed by atoms with Gasteiger partial charge in [-0.15, -0.1) is 35.3 Å². The molecule has 1 aromatic carbocycles. The number of hydrogen-bond donors (Lipinski definition) is 2. The Labute approximate surface area is 181 Å². The van der Waals surface area contributed by atoms with E-state index in [1.165, 1.54) is 10.4 Å². The van der Waals surface area contributed by atoms with Crippen LogP contribution >= 0.6 is 35.3 Å². The fraction of sp³-hybridized carbons (Fsp3) is 0.316. The number of nitrogens with zero attached hydrogens (tertiary/aromatic N) is 4. The molecule has 2 N–H and O–H groups in total. The molecule has 0 aliphatic carbocycles. The Morgan fingerprint density at radius 2 is 2.11 bits per heavy atom. The third kappa shape index (κ3) is 6.03. The monoisotopic (exact) mass is 496 g/mol. The Morgan fingerprint density at radius 1 is 1.26 bits per heavy atom. The maximum atomic E-state index is 4.45. The normalized spacial score (nSPS) is 11.1. The molecule has 0 fully saturated rings. The van der Waals surface area contributed by atoms with Crippen LogP contribution in [0.15, 0.2) is 54.2 Å². The molecule has 0 aliphatic heterocycles. The van der Waals surface area contributed by atoms with Crippen molar-refractivity contribution < 1.29 is 0 Å². The summed E-state index contributed by atoms with van der Waals surface area (Å²) in [5.74, 6) is 0.790. The van der Waals surface area contributed by atoms with Gasteiger partial charge in [-0.25, -0.2) is 9.97 Å². The highest BCUT2D eigenvalue weighted by Crippen LogP contribution is 2.14. The molecule has 2 aromatic heterocycles. The van der Waals surface area contributed by atoms with E-state index in [1.807, 2.05) is 35.4 Å². The molecule has 27 heavy (non-hydrogen) atoms. The Kier molecular flexibility index (Phi) is 8.73. The summed E-state index contributed by atoms with van der Waals surface area (Å²) >= 11 is 1.78. The van der Waals surface area contributed by atoms with E-state index in [0.717, 1.165) is 36.0 Å². The van der Waals surface area contributed by atoms with Crippen molar-refractivity contribution in [1.82, 2.24) is 25.2 Å². The van der Waals surface area contributed by atoms with E-state index in [0.29, 0.717) is 6.54 Å². The molecule has 0 aliphatic rings. The summed E-state index contributed by atoms with van der Waals surface area (Å²) < 4.78 is 2.01. The molecule has 0 saturated heterocycles. The van der Waals surface area contributed by atoms with Gasteiger partial charge in [-0.05, 0) is 18.1 Å². The number of nitrogens with one attached hydrogen (secondary N) is 2. The average molecular weight is 496 g/mol. The molecule has 0 spiro atoms. The minimum absolute atomic E-state index is 0.